The molecule has 28 heteroatoms. The van der Waals surface area contributed by atoms with E-state index in [-0.39, 0.29) is 55.9 Å². The number of hydrogen-bond donors (Lipinski definition) is 10. The molecular formula is C38H53F6N11O11. The Balaban J connectivity index is 0.00000134. The van der Waals surface area contributed by atoms with Gasteiger partial charge < -0.3 is 63.7 Å². The summed E-state index contributed by atoms with van der Waals surface area (Å²) in [6.45, 7) is 7.23. The van der Waals surface area contributed by atoms with Crippen molar-refractivity contribution in [3.05, 3.63) is 40.2 Å². The maximum absolute atomic E-state index is 14.0. The third-order valence-electron chi connectivity index (χ3n) is 8.99. The standard InChI is InChI=1S/C34H51N11O7.2C2HF3O2/c1-18(2)28(41-20(4)46)31(50)44-24(9-6-14-40-34(37)38)32(51)45-15-7-10-25(45)30(49)43-23(8-5-13-39-33(35)36)29(48)42-21-11-12-22-19(3)16-27(47)52-26(22)17-21;2*3-2(4,5)1(6)7/h11-12,16-18,23-25,28H,5-10,13-15H2,1-4H3,(H,41,46)(H,42,48)(H,43,49)(H,44,50)(H4,35,36,39)(H4,37,38,40);2*(H,6,7)/t23-,24-,25-,28-;;/m0../s1. The van der Waals surface area contributed by atoms with E-state index in [9.17, 15) is 55.1 Å². The molecule has 368 valence electrons. The number of carbonyl (C=O) groups is 7. The molecule has 0 bridgehead atoms. The summed E-state index contributed by atoms with van der Waals surface area (Å²) in [5, 5.41) is 25.9. The molecule has 5 amide bonds. The lowest BCUT2D eigenvalue weighted by atomic mass is 10.0. The zero-order valence-electron chi connectivity index (χ0n) is 36.0. The van der Waals surface area contributed by atoms with Crippen LogP contribution in [0.15, 0.2) is 43.5 Å². The molecule has 0 saturated carbocycles. The third-order valence-corrected chi connectivity index (χ3v) is 8.99. The van der Waals surface area contributed by atoms with E-state index < -0.39 is 83.6 Å². The summed E-state index contributed by atoms with van der Waals surface area (Å²) in [5.74, 6) is -8.58. The minimum Gasteiger partial charge on any atom is -0.475 e. The van der Waals surface area contributed by atoms with E-state index in [1.54, 1.807) is 32.9 Å². The SMILES string of the molecule is CC(=O)N[C@H](C(=O)N[C@@H](CCCN=C(N)N)C(=O)N1CCC[C@H]1C(=O)N[C@@H](CCCN=C(N)N)C(=O)Nc1ccc2c(C)cc(=O)oc2c1)C(C)C.O=C(O)C(F)(F)F.O=C(O)C(F)(F)F. The van der Waals surface area contributed by atoms with Gasteiger partial charge in [0.05, 0.1) is 0 Å². The molecule has 4 atom stereocenters. The fraction of sp³-hybridized carbons (Fsp3) is 0.526. The Bertz CT molecular complexity index is 2130. The number of hydrogen-bond acceptors (Lipinski definition) is 11. The molecule has 1 fully saturated rings. The van der Waals surface area contributed by atoms with E-state index in [0.717, 1.165) is 0 Å². The first kappa shape index (κ1) is 56.9. The van der Waals surface area contributed by atoms with E-state index in [4.69, 9.17) is 47.2 Å². The largest absolute Gasteiger partial charge is 0.490 e. The number of halogens is 6. The average Bonchev–Trinajstić information content (AvgIpc) is 3.68. The predicted octanol–water partition coefficient (Wildman–Crippen LogP) is 0.535. The molecule has 1 aliphatic rings. The van der Waals surface area contributed by atoms with Crippen LogP contribution < -0.4 is 49.8 Å². The number of benzene rings is 1. The summed E-state index contributed by atoms with van der Waals surface area (Å²) in [6.07, 6.45) is -8.37. The van der Waals surface area contributed by atoms with Crippen molar-refractivity contribution in [2.45, 2.75) is 103 Å². The molecule has 0 unspecified atom stereocenters. The summed E-state index contributed by atoms with van der Waals surface area (Å²) in [4.78, 5) is 106. The van der Waals surface area contributed by atoms with Crippen LogP contribution in [0, 0.1) is 12.8 Å². The van der Waals surface area contributed by atoms with Gasteiger partial charge in [-0.1, -0.05) is 13.8 Å². The summed E-state index contributed by atoms with van der Waals surface area (Å²) in [7, 11) is 0. The Labute approximate surface area is 371 Å². The number of carbonyl (C=O) groups excluding carboxylic acids is 5. The van der Waals surface area contributed by atoms with E-state index in [2.05, 4.69) is 31.3 Å². The van der Waals surface area contributed by atoms with Gasteiger partial charge in [0.15, 0.2) is 11.9 Å². The van der Waals surface area contributed by atoms with E-state index in [1.165, 1.54) is 24.0 Å². The van der Waals surface area contributed by atoms with Crippen molar-refractivity contribution in [2.24, 2.45) is 38.8 Å². The van der Waals surface area contributed by atoms with Gasteiger partial charge >= 0.3 is 29.9 Å². The number of carboxylic acids is 2. The maximum Gasteiger partial charge on any atom is 0.490 e. The van der Waals surface area contributed by atoms with Crippen LogP contribution in [0.1, 0.15) is 64.9 Å². The molecule has 3 rings (SSSR count). The lowest BCUT2D eigenvalue weighted by Crippen LogP contribution is -2.58. The molecule has 2 heterocycles. The maximum atomic E-state index is 14.0. The van der Waals surface area contributed by atoms with Crippen LogP contribution in [0.4, 0.5) is 32.0 Å². The number of rotatable bonds is 17. The summed E-state index contributed by atoms with van der Waals surface area (Å²) in [5.41, 5.74) is 22.6. The van der Waals surface area contributed by atoms with Gasteiger partial charge in [-0.25, -0.2) is 14.4 Å². The normalized spacial score (nSPS) is 14.7. The number of guanidine groups is 2. The average molecular weight is 954 g/mol. The zero-order chi connectivity index (χ0) is 50.7. The lowest BCUT2D eigenvalue weighted by molar-refractivity contribution is -0.193. The van der Waals surface area contributed by atoms with Crippen LogP contribution in [0.2, 0.25) is 0 Å². The molecular weight excluding hydrogens is 900 g/mol. The van der Waals surface area contributed by atoms with Gasteiger partial charge in [0.25, 0.3) is 0 Å². The van der Waals surface area contributed by atoms with Gasteiger partial charge in [0.2, 0.25) is 29.5 Å². The first-order valence-corrected chi connectivity index (χ1v) is 19.7. The number of likely N-dealkylation sites (tertiary alicyclic amines) is 1. The Kier molecular flexibility index (Phi) is 22.4. The highest BCUT2D eigenvalue weighted by atomic mass is 19.4. The second-order valence-corrected chi connectivity index (χ2v) is 14.7. The van der Waals surface area contributed by atoms with Crippen molar-refractivity contribution < 1.29 is 74.5 Å². The monoisotopic (exact) mass is 953 g/mol. The Morgan fingerprint density at radius 1 is 0.818 bits per heavy atom. The van der Waals surface area contributed by atoms with Crippen molar-refractivity contribution in [2.75, 3.05) is 25.0 Å². The molecule has 1 saturated heterocycles. The first-order chi connectivity index (χ1) is 30.5. The molecule has 1 aliphatic heterocycles. The van der Waals surface area contributed by atoms with Crippen LogP contribution in [0.3, 0.4) is 0 Å². The van der Waals surface area contributed by atoms with Crippen LogP contribution in [0.25, 0.3) is 11.0 Å². The van der Waals surface area contributed by atoms with Crippen molar-refractivity contribution in [3.8, 4) is 0 Å². The number of alkyl halides is 6. The first-order valence-electron chi connectivity index (χ1n) is 19.7. The third kappa shape index (κ3) is 20.1. The molecule has 0 radical (unpaired) electrons. The number of aliphatic imine (C=N–C) groups is 2. The smallest absolute Gasteiger partial charge is 0.475 e. The van der Waals surface area contributed by atoms with Crippen LogP contribution in [0.5, 0.6) is 0 Å². The van der Waals surface area contributed by atoms with E-state index >= 15 is 0 Å². The van der Waals surface area contributed by atoms with Gasteiger partial charge in [-0.15, -0.1) is 0 Å². The van der Waals surface area contributed by atoms with Crippen LogP contribution in [-0.2, 0) is 33.6 Å². The summed E-state index contributed by atoms with van der Waals surface area (Å²) >= 11 is 0. The number of amides is 5. The number of nitrogens with zero attached hydrogens (tertiary/aromatic N) is 3. The number of aryl methyl sites for hydroxylation is 1. The number of aliphatic carboxylic acids is 2. The Morgan fingerprint density at radius 2 is 1.33 bits per heavy atom. The molecule has 0 aliphatic carbocycles. The molecule has 1 aromatic heterocycles. The molecule has 0 spiro atoms. The fourth-order valence-corrected chi connectivity index (χ4v) is 5.95. The van der Waals surface area contributed by atoms with Crippen LogP contribution >= 0.6 is 0 Å². The summed E-state index contributed by atoms with van der Waals surface area (Å²) in [6, 6.07) is 2.31. The van der Waals surface area contributed by atoms with Gasteiger partial charge in [-0.3, -0.25) is 34.0 Å². The van der Waals surface area contributed by atoms with Crippen molar-refractivity contribution in [1.82, 2.24) is 20.9 Å². The van der Waals surface area contributed by atoms with Crippen molar-refractivity contribution in [1.29, 1.82) is 0 Å². The van der Waals surface area contributed by atoms with Gasteiger partial charge in [0.1, 0.15) is 29.8 Å². The highest BCUT2D eigenvalue weighted by molar-refractivity contribution is 6.00. The molecule has 22 nitrogen and oxygen atoms in total. The second-order valence-electron chi connectivity index (χ2n) is 14.7. The van der Waals surface area contributed by atoms with Crippen molar-refractivity contribution in [3.63, 3.8) is 0 Å². The van der Waals surface area contributed by atoms with Gasteiger partial charge in [-0.05, 0) is 69.1 Å². The molecule has 2 aromatic rings. The molecule has 66 heavy (non-hydrogen) atoms. The topological polar surface area (TPSA) is 370 Å². The number of fused-ring (bicyclic) bond motifs is 1. The zero-order valence-corrected chi connectivity index (χ0v) is 36.0. The van der Waals surface area contributed by atoms with Gasteiger partial charge in [-0.2, -0.15) is 26.3 Å². The van der Waals surface area contributed by atoms with Gasteiger partial charge in [0, 0.05) is 49.8 Å². The Morgan fingerprint density at radius 3 is 1.80 bits per heavy atom. The van der Waals surface area contributed by atoms with E-state index in [0.29, 0.717) is 42.3 Å². The number of nitrogens with two attached hydrogens (primary N) is 4. The number of nitrogens with one attached hydrogen (secondary N) is 4. The highest BCUT2D eigenvalue weighted by Crippen LogP contribution is 2.23. The van der Waals surface area contributed by atoms with Crippen molar-refractivity contribution >= 4 is 70.1 Å². The molecule has 14 N–H and O–H groups in total. The quantitative estimate of drug-likeness (QED) is 0.0340. The second kappa shape index (κ2) is 26.0. The Hall–Kier alpha value is -7.16. The number of anilines is 1. The fourth-order valence-electron chi connectivity index (χ4n) is 5.95. The predicted molar refractivity (Wildman–Crippen MR) is 224 cm³/mol. The summed E-state index contributed by atoms with van der Waals surface area (Å²) < 4.78 is 68.8. The van der Waals surface area contributed by atoms with E-state index in [1.807, 2.05) is 0 Å². The number of carboxylic acid groups (broad SMARTS) is 2. The minimum atomic E-state index is -5.08. The lowest BCUT2D eigenvalue weighted by Gasteiger charge is -2.31. The minimum absolute atomic E-state index is 0.116. The highest BCUT2D eigenvalue weighted by Gasteiger charge is 2.40. The van der Waals surface area contributed by atoms with Crippen LogP contribution in [-0.4, -0.2) is 125 Å². The molecule has 1 aromatic carbocycles.